The topological polar surface area (TPSA) is 89.9 Å². The highest BCUT2D eigenvalue weighted by atomic mass is 16.5. The zero-order valence-electron chi connectivity index (χ0n) is 30.3. The van der Waals surface area contributed by atoms with Gasteiger partial charge in [0.05, 0.1) is 18.4 Å². The largest absolute Gasteiger partial charge is 0.481 e. The number of rotatable bonds is 6. The number of aliphatic carboxylic acids is 1. The molecular weight excluding hydrogens is 576 g/mol. The zero-order valence-corrected chi connectivity index (χ0v) is 30.3. The van der Waals surface area contributed by atoms with Crippen molar-refractivity contribution in [2.75, 3.05) is 7.11 Å². The van der Waals surface area contributed by atoms with Crippen molar-refractivity contribution in [3.05, 3.63) is 12.2 Å². The van der Waals surface area contributed by atoms with E-state index in [4.69, 9.17) is 9.47 Å². The molecule has 46 heavy (non-hydrogen) atoms. The standard InChI is InChI=1S/C40H62O6/c1-23(2)25-13-18-40(34(43)44)20-19-38(8)26(32(25)40)11-12-28-37(7)16-15-29(36(5,6)27(37)14-17-39(28,38)9)46-33(42)31-24(21-30(41)45-10)22-35(31,3)4/h24-29,31-32H,1,11-22H2,2-10H3,(H,43,44). The lowest BCUT2D eigenvalue weighted by Crippen LogP contribution is -2.67. The average Bonchev–Trinajstić information content (AvgIpc) is 3.36. The van der Waals surface area contributed by atoms with Crippen LogP contribution in [0.4, 0.5) is 0 Å². The van der Waals surface area contributed by atoms with E-state index in [1.165, 1.54) is 12.7 Å². The van der Waals surface area contributed by atoms with Crippen LogP contribution >= 0.6 is 0 Å². The van der Waals surface area contributed by atoms with Crippen molar-refractivity contribution in [3.63, 3.8) is 0 Å². The van der Waals surface area contributed by atoms with E-state index < -0.39 is 11.4 Å². The van der Waals surface area contributed by atoms with Gasteiger partial charge in [-0.1, -0.05) is 60.6 Å². The van der Waals surface area contributed by atoms with Gasteiger partial charge in [-0.05, 0) is 135 Å². The van der Waals surface area contributed by atoms with Gasteiger partial charge >= 0.3 is 17.9 Å². The third kappa shape index (κ3) is 4.49. The van der Waals surface area contributed by atoms with Crippen molar-refractivity contribution in [2.45, 2.75) is 139 Å². The maximum atomic E-state index is 13.8. The van der Waals surface area contributed by atoms with Crippen LogP contribution in [0.3, 0.4) is 0 Å². The molecule has 0 bridgehead atoms. The molecule has 0 heterocycles. The van der Waals surface area contributed by atoms with Crippen molar-refractivity contribution in [3.8, 4) is 0 Å². The summed E-state index contributed by atoms with van der Waals surface area (Å²) in [6, 6.07) is 0. The second-order valence-electron chi connectivity index (χ2n) is 19.1. The molecule has 0 aromatic rings. The van der Waals surface area contributed by atoms with Crippen LogP contribution in [-0.4, -0.2) is 36.2 Å². The average molecular weight is 639 g/mol. The first-order valence-electron chi connectivity index (χ1n) is 18.5. The Labute approximate surface area is 278 Å². The molecular formula is C40H62O6. The molecule has 12 atom stereocenters. The van der Waals surface area contributed by atoms with E-state index in [1.54, 1.807) is 0 Å². The number of carboxylic acid groups (broad SMARTS) is 1. The number of hydrogen-bond acceptors (Lipinski definition) is 5. The molecule has 6 heteroatoms. The molecule has 0 aliphatic heterocycles. The molecule has 0 saturated heterocycles. The number of carboxylic acids is 1. The fourth-order valence-electron chi connectivity index (χ4n) is 14.3. The molecule has 0 aromatic carbocycles. The summed E-state index contributed by atoms with van der Waals surface area (Å²) in [4.78, 5) is 38.9. The van der Waals surface area contributed by atoms with Crippen LogP contribution in [0.15, 0.2) is 12.2 Å². The molecule has 6 fully saturated rings. The summed E-state index contributed by atoms with van der Waals surface area (Å²) >= 11 is 0. The van der Waals surface area contributed by atoms with Gasteiger partial charge in [-0.25, -0.2) is 0 Å². The Hall–Kier alpha value is -1.85. The van der Waals surface area contributed by atoms with Crippen LogP contribution in [0.5, 0.6) is 0 Å². The molecule has 0 spiro atoms. The minimum Gasteiger partial charge on any atom is -0.481 e. The third-order valence-corrected chi connectivity index (χ3v) is 16.7. The summed E-state index contributed by atoms with van der Waals surface area (Å²) in [6.45, 7) is 23.1. The summed E-state index contributed by atoms with van der Waals surface area (Å²) in [5, 5.41) is 10.7. The Bertz CT molecular complexity index is 1300. The van der Waals surface area contributed by atoms with Gasteiger partial charge in [-0.3, -0.25) is 14.4 Å². The molecule has 0 aromatic heterocycles. The molecule has 0 amide bonds. The van der Waals surface area contributed by atoms with Crippen LogP contribution in [-0.2, 0) is 23.9 Å². The Morgan fingerprint density at radius 3 is 2.13 bits per heavy atom. The van der Waals surface area contributed by atoms with Crippen molar-refractivity contribution in [2.24, 2.45) is 73.9 Å². The summed E-state index contributed by atoms with van der Waals surface area (Å²) < 4.78 is 11.4. The van der Waals surface area contributed by atoms with Gasteiger partial charge in [-0.2, -0.15) is 0 Å². The maximum Gasteiger partial charge on any atom is 0.310 e. The lowest BCUT2D eigenvalue weighted by atomic mass is 9.32. The van der Waals surface area contributed by atoms with E-state index in [0.29, 0.717) is 23.7 Å². The van der Waals surface area contributed by atoms with Crippen LogP contribution in [0.2, 0.25) is 0 Å². The molecule has 6 rings (SSSR count). The van der Waals surface area contributed by atoms with Gasteiger partial charge in [0, 0.05) is 11.8 Å². The Kier molecular flexibility index (Phi) is 8.01. The lowest BCUT2D eigenvalue weighted by molar-refractivity contribution is -0.252. The number of carbonyl (C=O) groups is 3. The second kappa shape index (κ2) is 10.8. The first-order valence-corrected chi connectivity index (χ1v) is 18.5. The number of esters is 2. The predicted octanol–water partition coefficient (Wildman–Crippen LogP) is 8.87. The minimum absolute atomic E-state index is 0.0158. The van der Waals surface area contributed by atoms with Gasteiger partial charge in [-0.15, -0.1) is 0 Å². The highest BCUT2D eigenvalue weighted by Gasteiger charge is 2.72. The van der Waals surface area contributed by atoms with Crippen molar-refractivity contribution in [1.29, 1.82) is 0 Å². The van der Waals surface area contributed by atoms with Crippen LogP contribution in [0.25, 0.3) is 0 Å². The van der Waals surface area contributed by atoms with Crippen molar-refractivity contribution < 1.29 is 29.0 Å². The predicted molar refractivity (Wildman–Crippen MR) is 178 cm³/mol. The fourth-order valence-corrected chi connectivity index (χ4v) is 14.3. The highest BCUT2D eigenvalue weighted by Crippen LogP contribution is 2.77. The monoisotopic (exact) mass is 638 g/mol. The van der Waals surface area contributed by atoms with Gasteiger partial charge in [0.15, 0.2) is 0 Å². The molecule has 6 aliphatic carbocycles. The molecule has 1 N–H and O–H groups in total. The van der Waals surface area contributed by atoms with E-state index in [9.17, 15) is 19.5 Å². The number of methoxy groups -OCH3 is 1. The molecule has 258 valence electrons. The zero-order chi connectivity index (χ0) is 33.8. The number of ether oxygens (including phenoxy) is 2. The van der Waals surface area contributed by atoms with Crippen LogP contribution in [0.1, 0.15) is 132 Å². The summed E-state index contributed by atoms with van der Waals surface area (Å²) in [5.41, 5.74) is 0.638. The number of carbonyl (C=O) groups excluding carboxylic acids is 2. The van der Waals surface area contributed by atoms with E-state index in [0.717, 1.165) is 70.6 Å². The van der Waals surface area contributed by atoms with Crippen molar-refractivity contribution >= 4 is 17.9 Å². The molecule has 6 saturated carbocycles. The van der Waals surface area contributed by atoms with Crippen LogP contribution < -0.4 is 0 Å². The van der Waals surface area contributed by atoms with Gasteiger partial charge in [0.25, 0.3) is 0 Å². The Morgan fingerprint density at radius 1 is 0.826 bits per heavy atom. The van der Waals surface area contributed by atoms with E-state index in [-0.39, 0.29) is 69.3 Å². The van der Waals surface area contributed by atoms with E-state index in [2.05, 4.69) is 62.0 Å². The normalized spacial score (nSPS) is 48.4. The molecule has 12 unspecified atom stereocenters. The summed E-state index contributed by atoms with van der Waals surface area (Å²) in [6.07, 6.45) is 11.0. The van der Waals surface area contributed by atoms with E-state index >= 15 is 0 Å². The quantitative estimate of drug-likeness (QED) is 0.231. The maximum absolute atomic E-state index is 13.8. The highest BCUT2D eigenvalue weighted by molar-refractivity contribution is 5.78. The van der Waals surface area contributed by atoms with Gasteiger partial charge in [0.1, 0.15) is 6.10 Å². The fraction of sp³-hybridized carbons (Fsp3) is 0.875. The third-order valence-electron chi connectivity index (χ3n) is 16.7. The molecule has 6 nitrogen and oxygen atoms in total. The molecule has 6 aliphatic rings. The number of allylic oxidation sites excluding steroid dienone is 1. The number of fused-ring (bicyclic) bond motifs is 7. The first-order chi connectivity index (χ1) is 21.3. The lowest BCUT2D eigenvalue weighted by Gasteiger charge is -2.72. The smallest absolute Gasteiger partial charge is 0.310 e. The molecule has 0 radical (unpaired) electrons. The Morgan fingerprint density at radius 2 is 1.52 bits per heavy atom. The SMILES string of the molecule is C=C(C)C1CCC2(C(=O)O)CCC3(C)C(CCC4C5(C)CCC(OC(=O)C6C(CC(=O)OC)CC6(C)C)C(C)(C)C5CCC43C)C12. The second-order valence-corrected chi connectivity index (χ2v) is 19.1. The number of hydrogen-bond donors (Lipinski definition) is 1. The van der Waals surface area contributed by atoms with Gasteiger partial charge in [0.2, 0.25) is 0 Å². The van der Waals surface area contributed by atoms with E-state index in [1.807, 2.05) is 0 Å². The first kappa shape index (κ1) is 34.0. The summed E-state index contributed by atoms with van der Waals surface area (Å²) in [7, 11) is 1.41. The van der Waals surface area contributed by atoms with Crippen molar-refractivity contribution in [1.82, 2.24) is 0 Å². The van der Waals surface area contributed by atoms with Crippen LogP contribution in [0, 0.1) is 73.9 Å². The summed E-state index contributed by atoms with van der Waals surface area (Å²) in [5.74, 6) is 0.679. The minimum atomic E-state index is -0.590. The Balaban J connectivity index is 1.24. The van der Waals surface area contributed by atoms with Gasteiger partial charge < -0.3 is 14.6 Å².